The lowest BCUT2D eigenvalue weighted by molar-refractivity contribution is 0.415. The SMILES string of the molecule is COc1ccnn2c(C(C)C)cnc12. The van der Waals surface area contributed by atoms with Crippen molar-refractivity contribution < 1.29 is 4.74 Å². The number of aromatic nitrogens is 3. The maximum Gasteiger partial charge on any atom is 0.196 e. The third kappa shape index (κ3) is 1.23. The lowest BCUT2D eigenvalue weighted by atomic mass is 10.2. The molecular weight excluding hydrogens is 178 g/mol. The number of imidazole rings is 1. The smallest absolute Gasteiger partial charge is 0.196 e. The summed E-state index contributed by atoms with van der Waals surface area (Å²) in [7, 11) is 1.64. The normalized spacial score (nSPS) is 11.1. The number of methoxy groups -OCH3 is 1. The predicted octanol–water partition coefficient (Wildman–Crippen LogP) is 1.86. The van der Waals surface area contributed by atoms with E-state index in [0.717, 1.165) is 17.1 Å². The van der Waals surface area contributed by atoms with E-state index in [1.807, 2.05) is 16.8 Å². The van der Waals surface area contributed by atoms with Crippen molar-refractivity contribution in [3.8, 4) is 5.75 Å². The average Bonchev–Trinajstić information content (AvgIpc) is 2.60. The molecule has 0 spiro atoms. The van der Waals surface area contributed by atoms with E-state index in [0.29, 0.717) is 5.92 Å². The van der Waals surface area contributed by atoms with Crippen molar-refractivity contribution in [3.63, 3.8) is 0 Å². The fourth-order valence-electron chi connectivity index (χ4n) is 1.44. The van der Waals surface area contributed by atoms with Crippen LogP contribution in [0, 0.1) is 0 Å². The second kappa shape index (κ2) is 3.29. The van der Waals surface area contributed by atoms with Gasteiger partial charge in [-0.3, -0.25) is 0 Å². The van der Waals surface area contributed by atoms with Gasteiger partial charge in [0.2, 0.25) is 0 Å². The van der Waals surface area contributed by atoms with Crippen molar-refractivity contribution >= 4 is 5.65 Å². The first-order valence-electron chi connectivity index (χ1n) is 4.60. The molecule has 0 saturated carbocycles. The fraction of sp³-hybridized carbons (Fsp3) is 0.400. The summed E-state index contributed by atoms with van der Waals surface area (Å²) >= 11 is 0. The molecule has 2 aromatic rings. The van der Waals surface area contributed by atoms with Crippen LogP contribution in [0.3, 0.4) is 0 Å². The largest absolute Gasteiger partial charge is 0.493 e. The monoisotopic (exact) mass is 191 g/mol. The third-order valence-corrected chi connectivity index (χ3v) is 2.20. The second-order valence-electron chi connectivity index (χ2n) is 3.47. The Bertz CT molecular complexity index is 448. The number of hydrogen-bond acceptors (Lipinski definition) is 3. The molecule has 2 rings (SSSR count). The Hall–Kier alpha value is -1.58. The predicted molar refractivity (Wildman–Crippen MR) is 53.6 cm³/mol. The summed E-state index contributed by atoms with van der Waals surface area (Å²) in [4.78, 5) is 4.29. The van der Waals surface area contributed by atoms with Gasteiger partial charge in [0.1, 0.15) is 0 Å². The quantitative estimate of drug-likeness (QED) is 0.727. The fourth-order valence-corrected chi connectivity index (χ4v) is 1.44. The molecule has 0 aliphatic rings. The highest BCUT2D eigenvalue weighted by molar-refractivity contribution is 5.53. The van der Waals surface area contributed by atoms with Crippen LogP contribution in [0.5, 0.6) is 5.75 Å². The molecule has 0 radical (unpaired) electrons. The Morgan fingerprint density at radius 2 is 2.21 bits per heavy atom. The zero-order chi connectivity index (χ0) is 10.1. The van der Waals surface area contributed by atoms with Crippen LogP contribution in [-0.2, 0) is 0 Å². The van der Waals surface area contributed by atoms with Crippen LogP contribution in [0.1, 0.15) is 25.5 Å². The lowest BCUT2D eigenvalue weighted by Gasteiger charge is -2.04. The van der Waals surface area contributed by atoms with E-state index >= 15 is 0 Å². The first-order valence-corrected chi connectivity index (χ1v) is 4.60. The Kier molecular flexibility index (Phi) is 2.11. The molecule has 0 aliphatic carbocycles. The van der Waals surface area contributed by atoms with E-state index in [2.05, 4.69) is 23.9 Å². The highest BCUT2D eigenvalue weighted by Crippen LogP contribution is 2.21. The summed E-state index contributed by atoms with van der Waals surface area (Å²) in [5, 5.41) is 4.25. The highest BCUT2D eigenvalue weighted by Gasteiger charge is 2.10. The first-order chi connectivity index (χ1) is 6.74. The minimum atomic E-state index is 0.407. The van der Waals surface area contributed by atoms with Gasteiger partial charge in [-0.15, -0.1) is 0 Å². The molecule has 0 atom stereocenters. The minimum absolute atomic E-state index is 0.407. The van der Waals surface area contributed by atoms with Gasteiger partial charge in [0.15, 0.2) is 11.4 Å². The molecular formula is C10H13N3O. The van der Waals surface area contributed by atoms with Gasteiger partial charge in [-0.1, -0.05) is 13.8 Å². The van der Waals surface area contributed by atoms with Crippen LogP contribution in [0.2, 0.25) is 0 Å². The van der Waals surface area contributed by atoms with Crippen molar-refractivity contribution in [2.24, 2.45) is 0 Å². The summed E-state index contributed by atoms with van der Waals surface area (Å²) in [5.74, 6) is 1.16. The van der Waals surface area contributed by atoms with E-state index in [9.17, 15) is 0 Å². The van der Waals surface area contributed by atoms with Gasteiger partial charge in [0.25, 0.3) is 0 Å². The van der Waals surface area contributed by atoms with Gasteiger partial charge >= 0.3 is 0 Å². The van der Waals surface area contributed by atoms with Crippen LogP contribution in [0.15, 0.2) is 18.5 Å². The van der Waals surface area contributed by atoms with Gasteiger partial charge < -0.3 is 4.74 Å². The molecule has 2 aromatic heterocycles. The standard InChI is InChI=1S/C10H13N3O/c1-7(2)8-6-11-10-9(14-3)4-5-12-13(8)10/h4-7H,1-3H3. The average molecular weight is 191 g/mol. The Balaban J connectivity index is 2.69. The number of rotatable bonds is 2. The topological polar surface area (TPSA) is 39.4 Å². The van der Waals surface area contributed by atoms with Crippen LogP contribution in [0.4, 0.5) is 0 Å². The lowest BCUT2D eigenvalue weighted by Crippen LogP contribution is -1.99. The molecule has 0 amide bonds. The van der Waals surface area contributed by atoms with Crippen molar-refractivity contribution in [1.82, 2.24) is 14.6 Å². The van der Waals surface area contributed by atoms with Gasteiger partial charge in [-0.2, -0.15) is 5.10 Å². The van der Waals surface area contributed by atoms with Crippen molar-refractivity contribution in [2.75, 3.05) is 7.11 Å². The molecule has 0 bridgehead atoms. The maximum atomic E-state index is 5.20. The molecule has 14 heavy (non-hydrogen) atoms. The first kappa shape index (κ1) is 8.99. The summed E-state index contributed by atoms with van der Waals surface area (Å²) in [6.07, 6.45) is 3.56. The molecule has 4 heteroatoms. The zero-order valence-electron chi connectivity index (χ0n) is 8.56. The van der Waals surface area contributed by atoms with Gasteiger partial charge in [0, 0.05) is 6.07 Å². The van der Waals surface area contributed by atoms with E-state index in [1.54, 1.807) is 13.3 Å². The van der Waals surface area contributed by atoms with Gasteiger partial charge in [-0.05, 0) is 5.92 Å². The molecule has 0 aliphatic heterocycles. The minimum Gasteiger partial charge on any atom is -0.493 e. The highest BCUT2D eigenvalue weighted by atomic mass is 16.5. The molecule has 0 N–H and O–H groups in total. The number of fused-ring (bicyclic) bond motifs is 1. The van der Waals surface area contributed by atoms with E-state index < -0.39 is 0 Å². The van der Waals surface area contributed by atoms with Crippen LogP contribution in [-0.4, -0.2) is 21.7 Å². The number of hydrogen-bond donors (Lipinski definition) is 0. The molecule has 2 heterocycles. The molecule has 74 valence electrons. The molecule has 0 fully saturated rings. The Morgan fingerprint density at radius 1 is 1.43 bits per heavy atom. The maximum absolute atomic E-state index is 5.20. The van der Waals surface area contributed by atoms with Gasteiger partial charge in [0.05, 0.1) is 25.2 Å². The Morgan fingerprint density at radius 3 is 2.86 bits per heavy atom. The van der Waals surface area contributed by atoms with Crippen LogP contribution in [0.25, 0.3) is 5.65 Å². The Labute approximate surface area is 82.5 Å². The van der Waals surface area contributed by atoms with Crippen molar-refractivity contribution in [3.05, 3.63) is 24.2 Å². The molecule has 0 saturated heterocycles. The van der Waals surface area contributed by atoms with E-state index in [1.165, 1.54) is 0 Å². The summed E-state index contributed by atoms with van der Waals surface area (Å²) in [6, 6.07) is 1.81. The summed E-state index contributed by atoms with van der Waals surface area (Å²) < 4.78 is 7.02. The summed E-state index contributed by atoms with van der Waals surface area (Å²) in [6.45, 7) is 4.23. The third-order valence-electron chi connectivity index (χ3n) is 2.20. The number of nitrogens with zero attached hydrogens (tertiary/aromatic N) is 3. The van der Waals surface area contributed by atoms with Crippen molar-refractivity contribution in [2.45, 2.75) is 19.8 Å². The van der Waals surface area contributed by atoms with Crippen LogP contribution >= 0.6 is 0 Å². The molecule has 0 aromatic carbocycles. The van der Waals surface area contributed by atoms with Crippen LogP contribution < -0.4 is 4.74 Å². The number of ether oxygens (including phenoxy) is 1. The van der Waals surface area contributed by atoms with Gasteiger partial charge in [-0.25, -0.2) is 9.50 Å². The second-order valence-corrected chi connectivity index (χ2v) is 3.47. The van der Waals surface area contributed by atoms with E-state index in [4.69, 9.17) is 4.74 Å². The molecule has 4 nitrogen and oxygen atoms in total. The van der Waals surface area contributed by atoms with Crippen molar-refractivity contribution in [1.29, 1.82) is 0 Å². The molecule has 0 unspecified atom stereocenters. The van der Waals surface area contributed by atoms with E-state index in [-0.39, 0.29) is 0 Å². The summed E-state index contributed by atoms with van der Waals surface area (Å²) in [5.41, 5.74) is 1.87. The zero-order valence-corrected chi connectivity index (χ0v) is 8.56.